The van der Waals surface area contributed by atoms with E-state index in [9.17, 15) is 22.8 Å². The molecule has 0 spiro atoms. The molecule has 2 aromatic rings. The lowest BCUT2D eigenvalue weighted by Gasteiger charge is -2.29. The number of nitrogens with one attached hydrogen (secondary N) is 2. The van der Waals surface area contributed by atoms with Gasteiger partial charge in [-0.1, -0.05) is 19.9 Å². The van der Waals surface area contributed by atoms with Crippen LogP contribution in [0.4, 0.5) is 18.9 Å². The van der Waals surface area contributed by atoms with Gasteiger partial charge in [0.2, 0.25) is 0 Å². The Kier molecular flexibility index (Phi) is 8.35. The Bertz CT molecular complexity index is 1190. The number of aromatic nitrogens is 3. The average Bonchev–Trinajstić information content (AvgIpc) is 3.24. The summed E-state index contributed by atoms with van der Waals surface area (Å²) in [6.07, 6.45) is 0.760. The molecule has 1 amide bonds. The molecule has 186 valence electrons. The minimum atomic E-state index is -5.08. The summed E-state index contributed by atoms with van der Waals surface area (Å²) in [5.41, 5.74) is 2.87. The summed E-state index contributed by atoms with van der Waals surface area (Å²) in [7, 11) is 0. The second kappa shape index (κ2) is 10.8. The molecule has 2 heterocycles. The Morgan fingerprint density at radius 3 is 2.40 bits per heavy atom. The maximum absolute atomic E-state index is 12.5. The van der Waals surface area contributed by atoms with Crippen LogP contribution < -0.4 is 5.32 Å². The van der Waals surface area contributed by atoms with Crippen LogP contribution in [0.1, 0.15) is 60.8 Å². The Balaban J connectivity index is 0.000000540. The monoisotopic (exact) mass is 493 g/mol. The zero-order chi connectivity index (χ0) is 26.4. The van der Waals surface area contributed by atoms with Gasteiger partial charge in [0.25, 0.3) is 5.91 Å². The summed E-state index contributed by atoms with van der Waals surface area (Å²) in [4.78, 5) is 43.5. The number of rotatable bonds is 5. The summed E-state index contributed by atoms with van der Waals surface area (Å²) in [6, 6.07) is 5.13. The standard InChI is InChI=1S/C20H21N5O3.C2HF3O2/c1-20(2)7-5-12(6-8-20)17-15(4-3-13(23-17)9-16(26)27)25-19(28)18-22-11-14(10-21)24-18;3-2(4,5)1(6)7/h3-5,11H,6-9H2,1-2H3,(H,22,24)(H,25,28)(H,26,27);(H,6,7). The van der Waals surface area contributed by atoms with Crippen molar-refractivity contribution in [3.8, 4) is 6.07 Å². The summed E-state index contributed by atoms with van der Waals surface area (Å²) in [5, 5.41) is 27.8. The van der Waals surface area contributed by atoms with Crippen LogP contribution in [0.15, 0.2) is 24.4 Å². The number of nitrogens with zero attached hydrogens (tertiary/aromatic N) is 3. The van der Waals surface area contributed by atoms with Crippen LogP contribution in [0.3, 0.4) is 0 Å². The molecule has 1 aliphatic carbocycles. The Labute approximate surface area is 197 Å². The fourth-order valence-electron chi connectivity index (χ4n) is 3.07. The molecule has 0 fully saturated rings. The van der Waals surface area contributed by atoms with Gasteiger partial charge in [0.15, 0.2) is 5.82 Å². The molecule has 0 bridgehead atoms. The largest absolute Gasteiger partial charge is 0.490 e. The van der Waals surface area contributed by atoms with Gasteiger partial charge in [-0.25, -0.2) is 9.78 Å². The predicted octanol–water partition coefficient (Wildman–Crippen LogP) is 3.78. The Morgan fingerprint density at radius 2 is 1.91 bits per heavy atom. The summed E-state index contributed by atoms with van der Waals surface area (Å²) in [6.45, 7) is 4.39. The van der Waals surface area contributed by atoms with Crippen LogP contribution in [-0.4, -0.2) is 49.2 Å². The molecule has 0 radical (unpaired) electrons. The van der Waals surface area contributed by atoms with Crippen LogP contribution in [0.2, 0.25) is 0 Å². The molecule has 0 aliphatic heterocycles. The number of H-pyrrole nitrogens is 1. The van der Waals surface area contributed by atoms with Crippen molar-refractivity contribution < 1.29 is 37.8 Å². The maximum atomic E-state index is 12.5. The number of hydrogen-bond acceptors (Lipinski definition) is 6. The number of pyridine rings is 1. The van der Waals surface area contributed by atoms with E-state index in [0.29, 0.717) is 17.1 Å². The molecule has 0 aromatic carbocycles. The van der Waals surface area contributed by atoms with E-state index in [1.807, 2.05) is 6.07 Å². The third-order valence-electron chi connectivity index (χ3n) is 4.96. The van der Waals surface area contributed by atoms with E-state index in [1.165, 1.54) is 6.20 Å². The molecule has 0 atom stereocenters. The second-order valence-corrected chi connectivity index (χ2v) is 8.38. The van der Waals surface area contributed by atoms with Crippen LogP contribution in [-0.2, 0) is 16.0 Å². The molecular weight excluding hydrogens is 471 g/mol. The van der Waals surface area contributed by atoms with Crippen molar-refractivity contribution in [3.63, 3.8) is 0 Å². The zero-order valence-corrected chi connectivity index (χ0v) is 18.7. The first-order chi connectivity index (χ1) is 16.2. The summed E-state index contributed by atoms with van der Waals surface area (Å²) < 4.78 is 31.7. The number of halogens is 3. The van der Waals surface area contributed by atoms with Crippen molar-refractivity contribution in [2.45, 2.75) is 45.7 Å². The van der Waals surface area contributed by atoms with Gasteiger partial charge in [-0.2, -0.15) is 18.4 Å². The van der Waals surface area contributed by atoms with Gasteiger partial charge < -0.3 is 20.5 Å². The molecule has 10 nitrogen and oxygen atoms in total. The van der Waals surface area contributed by atoms with Crippen LogP contribution >= 0.6 is 0 Å². The highest BCUT2D eigenvalue weighted by Gasteiger charge is 2.38. The summed E-state index contributed by atoms with van der Waals surface area (Å²) in [5.74, 6) is -4.19. The van der Waals surface area contributed by atoms with E-state index in [4.69, 9.17) is 20.3 Å². The SMILES string of the molecule is CC1(C)CC=C(c2nc(CC(=O)O)ccc2NC(=O)c2ncc(C#N)[nH]2)CC1.O=C(O)C(F)(F)F. The number of imidazole rings is 1. The van der Waals surface area contributed by atoms with Crippen molar-refractivity contribution in [1.29, 1.82) is 5.26 Å². The smallest absolute Gasteiger partial charge is 0.481 e. The number of nitriles is 1. The molecule has 35 heavy (non-hydrogen) atoms. The number of anilines is 1. The molecular formula is C22H22F3N5O5. The van der Waals surface area contributed by atoms with Gasteiger partial charge in [-0.15, -0.1) is 0 Å². The van der Waals surface area contributed by atoms with Gasteiger partial charge >= 0.3 is 18.1 Å². The van der Waals surface area contributed by atoms with E-state index in [2.05, 4.69) is 40.2 Å². The molecule has 0 unspecified atom stereocenters. The fraction of sp³-hybridized carbons (Fsp3) is 0.364. The van der Waals surface area contributed by atoms with E-state index < -0.39 is 24.0 Å². The number of hydrogen-bond donors (Lipinski definition) is 4. The van der Waals surface area contributed by atoms with Gasteiger partial charge in [0.05, 0.1) is 29.7 Å². The van der Waals surface area contributed by atoms with Crippen LogP contribution in [0, 0.1) is 16.7 Å². The van der Waals surface area contributed by atoms with Crippen molar-refractivity contribution in [1.82, 2.24) is 15.0 Å². The number of carbonyl (C=O) groups is 3. The van der Waals surface area contributed by atoms with Gasteiger partial charge in [0.1, 0.15) is 11.8 Å². The quantitative estimate of drug-likeness (QED) is 0.488. The fourth-order valence-corrected chi connectivity index (χ4v) is 3.07. The Morgan fingerprint density at radius 1 is 1.26 bits per heavy atom. The lowest BCUT2D eigenvalue weighted by Crippen LogP contribution is -2.21. The van der Waals surface area contributed by atoms with Gasteiger partial charge in [-0.3, -0.25) is 14.6 Å². The van der Waals surface area contributed by atoms with E-state index in [1.54, 1.807) is 12.1 Å². The number of alkyl halides is 3. The van der Waals surface area contributed by atoms with Crippen LogP contribution in [0.5, 0.6) is 0 Å². The van der Waals surface area contributed by atoms with Crippen molar-refractivity contribution in [2.75, 3.05) is 5.32 Å². The number of carboxylic acid groups (broad SMARTS) is 2. The maximum Gasteiger partial charge on any atom is 0.490 e. The molecule has 4 N–H and O–H groups in total. The number of aliphatic carboxylic acids is 2. The van der Waals surface area contributed by atoms with Crippen molar-refractivity contribution >= 4 is 29.1 Å². The van der Waals surface area contributed by atoms with Crippen molar-refractivity contribution in [3.05, 3.63) is 47.3 Å². The first kappa shape index (κ1) is 27.0. The minimum absolute atomic E-state index is 0.0240. The van der Waals surface area contributed by atoms with E-state index in [-0.39, 0.29) is 23.4 Å². The average molecular weight is 493 g/mol. The lowest BCUT2D eigenvalue weighted by molar-refractivity contribution is -0.192. The number of allylic oxidation sites excluding steroid dienone is 2. The van der Waals surface area contributed by atoms with Gasteiger partial charge in [-0.05, 0) is 42.4 Å². The number of carboxylic acids is 2. The number of carbonyl (C=O) groups excluding carboxylic acids is 1. The topological polar surface area (TPSA) is 169 Å². The third-order valence-corrected chi connectivity index (χ3v) is 4.96. The highest BCUT2D eigenvalue weighted by molar-refractivity contribution is 6.03. The minimum Gasteiger partial charge on any atom is -0.481 e. The lowest BCUT2D eigenvalue weighted by atomic mass is 9.77. The van der Waals surface area contributed by atoms with Crippen molar-refractivity contribution in [2.24, 2.45) is 5.41 Å². The molecule has 3 rings (SSSR count). The highest BCUT2D eigenvalue weighted by Crippen LogP contribution is 2.39. The number of amides is 1. The molecule has 0 saturated heterocycles. The molecule has 1 aliphatic rings. The first-order valence-electron chi connectivity index (χ1n) is 10.2. The third kappa shape index (κ3) is 7.95. The van der Waals surface area contributed by atoms with Crippen LogP contribution in [0.25, 0.3) is 5.57 Å². The molecule has 13 heteroatoms. The molecule has 2 aromatic heterocycles. The summed E-state index contributed by atoms with van der Waals surface area (Å²) >= 11 is 0. The number of aromatic amines is 1. The van der Waals surface area contributed by atoms with E-state index in [0.717, 1.165) is 24.8 Å². The highest BCUT2D eigenvalue weighted by atomic mass is 19.4. The second-order valence-electron chi connectivity index (χ2n) is 8.38. The predicted molar refractivity (Wildman–Crippen MR) is 116 cm³/mol. The first-order valence-corrected chi connectivity index (χ1v) is 10.2. The normalized spacial score (nSPS) is 14.6. The zero-order valence-electron chi connectivity index (χ0n) is 18.7. The van der Waals surface area contributed by atoms with Gasteiger partial charge in [0, 0.05) is 0 Å². The molecule has 0 saturated carbocycles. The van der Waals surface area contributed by atoms with E-state index >= 15 is 0 Å². The Hall–Kier alpha value is -4.21.